The number of carbonyl (C=O) groups excluding carboxylic acids is 1. The molecule has 154 valence electrons. The Kier molecular flexibility index (Phi) is 7.18. The largest absolute Gasteiger partial charge is 0.381 e. The van der Waals surface area contributed by atoms with Gasteiger partial charge in [-0.2, -0.15) is 0 Å². The van der Waals surface area contributed by atoms with Gasteiger partial charge in [-0.15, -0.1) is 0 Å². The average Bonchev–Trinajstić information content (AvgIpc) is 2.72. The van der Waals surface area contributed by atoms with Crippen molar-refractivity contribution in [1.82, 2.24) is 15.1 Å². The van der Waals surface area contributed by atoms with E-state index in [0.717, 1.165) is 69.8 Å². The maximum absolute atomic E-state index is 11.6. The molecule has 1 N–H and O–H groups in total. The molecule has 1 aromatic rings. The van der Waals surface area contributed by atoms with Crippen LogP contribution in [0.2, 0.25) is 5.02 Å². The molecule has 2 fully saturated rings. The monoisotopic (exact) mass is 406 g/mol. The van der Waals surface area contributed by atoms with Gasteiger partial charge in [0.1, 0.15) is 0 Å². The molecule has 0 atom stereocenters. The minimum atomic E-state index is -0.0506. The van der Waals surface area contributed by atoms with E-state index in [9.17, 15) is 4.79 Å². The van der Waals surface area contributed by atoms with E-state index < -0.39 is 0 Å². The van der Waals surface area contributed by atoms with E-state index in [-0.39, 0.29) is 11.3 Å². The molecule has 0 saturated carbocycles. The van der Waals surface area contributed by atoms with Crippen LogP contribution in [-0.4, -0.2) is 74.1 Å². The lowest BCUT2D eigenvalue weighted by Gasteiger charge is -2.39. The SMILES string of the molecule is CCNC(=NCC1(c2cccc(Cl)c2)CCOCC1)N1CCN(C(C)=O)CC1. The molecule has 6 nitrogen and oxygen atoms in total. The maximum Gasteiger partial charge on any atom is 0.219 e. The molecule has 3 rings (SSSR count). The van der Waals surface area contributed by atoms with Gasteiger partial charge in [-0.05, 0) is 37.5 Å². The number of carbonyl (C=O) groups is 1. The van der Waals surface area contributed by atoms with Crippen LogP contribution in [0.15, 0.2) is 29.3 Å². The molecule has 1 aromatic carbocycles. The fourth-order valence-electron chi connectivity index (χ4n) is 4.00. The van der Waals surface area contributed by atoms with Crippen LogP contribution >= 0.6 is 11.6 Å². The van der Waals surface area contributed by atoms with Crippen molar-refractivity contribution in [2.75, 3.05) is 52.5 Å². The molecule has 0 aliphatic carbocycles. The first-order valence-electron chi connectivity index (χ1n) is 10.2. The zero-order valence-electron chi connectivity index (χ0n) is 16.9. The number of rotatable bonds is 4. The quantitative estimate of drug-likeness (QED) is 0.616. The number of piperazine rings is 1. The molecule has 7 heteroatoms. The summed E-state index contributed by atoms with van der Waals surface area (Å²) in [4.78, 5) is 20.8. The Morgan fingerprint density at radius 3 is 2.50 bits per heavy atom. The molecule has 0 aromatic heterocycles. The Balaban J connectivity index is 1.78. The van der Waals surface area contributed by atoms with Crippen molar-refractivity contribution in [3.8, 4) is 0 Å². The highest BCUT2D eigenvalue weighted by Gasteiger charge is 2.35. The minimum absolute atomic E-state index is 0.0506. The lowest BCUT2D eigenvalue weighted by Crippen LogP contribution is -2.53. The van der Waals surface area contributed by atoms with Gasteiger partial charge in [0.25, 0.3) is 0 Å². The second-order valence-electron chi connectivity index (χ2n) is 7.57. The second kappa shape index (κ2) is 9.61. The summed E-state index contributed by atoms with van der Waals surface area (Å²) in [6.07, 6.45) is 1.88. The molecule has 2 aliphatic heterocycles. The lowest BCUT2D eigenvalue weighted by atomic mass is 9.74. The van der Waals surface area contributed by atoms with E-state index in [1.54, 1.807) is 6.92 Å². The van der Waals surface area contributed by atoms with E-state index in [4.69, 9.17) is 21.3 Å². The average molecular weight is 407 g/mol. The highest BCUT2D eigenvalue weighted by atomic mass is 35.5. The normalized spacial score (nSPS) is 20.2. The van der Waals surface area contributed by atoms with Crippen molar-refractivity contribution < 1.29 is 9.53 Å². The van der Waals surface area contributed by atoms with Gasteiger partial charge >= 0.3 is 0 Å². The highest BCUT2D eigenvalue weighted by molar-refractivity contribution is 6.30. The van der Waals surface area contributed by atoms with E-state index >= 15 is 0 Å². The summed E-state index contributed by atoms with van der Waals surface area (Å²) in [6, 6.07) is 8.16. The van der Waals surface area contributed by atoms with E-state index in [1.165, 1.54) is 5.56 Å². The Morgan fingerprint density at radius 2 is 1.89 bits per heavy atom. The summed E-state index contributed by atoms with van der Waals surface area (Å²) < 4.78 is 5.64. The Labute approximate surface area is 172 Å². The molecule has 1 amide bonds. The van der Waals surface area contributed by atoms with E-state index in [0.29, 0.717) is 6.54 Å². The zero-order valence-corrected chi connectivity index (χ0v) is 17.7. The number of nitrogens with one attached hydrogen (secondary N) is 1. The third-order valence-electron chi connectivity index (χ3n) is 5.78. The first kappa shape index (κ1) is 20.9. The predicted molar refractivity (Wildman–Crippen MR) is 113 cm³/mol. The lowest BCUT2D eigenvalue weighted by molar-refractivity contribution is -0.130. The fraction of sp³-hybridized carbons (Fsp3) is 0.619. The molecule has 0 spiro atoms. The third-order valence-corrected chi connectivity index (χ3v) is 6.01. The molecule has 2 aliphatic rings. The van der Waals surface area contributed by atoms with Crippen LogP contribution in [0, 0.1) is 0 Å². The third kappa shape index (κ3) is 4.97. The number of hydrogen-bond acceptors (Lipinski definition) is 3. The summed E-state index contributed by atoms with van der Waals surface area (Å²) in [5.41, 5.74) is 1.19. The number of guanidine groups is 1. The number of halogens is 1. The van der Waals surface area contributed by atoms with Crippen LogP contribution < -0.4 is 5.32 Å². The maximum atomic E-state index is 11.6. The highest BCUT2D eigenvalue weighted by Crippen LogP contribution is 2.36. The number of benzene rings is 1. The Morgan fingerprint density at radius 1 is 1.21 bits per heavy atom. The van der Waals surface area contributed by atoms with Gasteiger partial charge in [0.05, 0.1) is 6.54 Å². The standard InChI is InChI=1S/C21H31ClN4O2/c1-3-23-20(26-11-9-25(10-12-26)17(2)27)24-16-21(7-13-28-14-8-21)18-5-4-6-19(22)15-18/h4-6,15H,3,7-14,16H2,1-2H3,(H,23,24). The van der Waals surface area contributed by atoms with Gasteiger partial charge in [0.2, 0.25) is 5.91 Å². The van der Waals surface area contributed by atoms with Gasteiger partial charge in [0, 0.05) is 63.3 Å². The van der Waals surface area contributed by atoms with Crippen LogP contribution in [0.3, 0.4) is 0 Å². The van der Waals surface area contributed by atoms with E-state index in [1.807, 2.05) is 17.0 Å². The first-order chi connectivity index (χ1) is 13.5. The minimum Gasteiger partial charge on any atom is -0.381 e. The molecule has 0 bridgehead atoms. The number of aliphatic imine (C=N–C) groups is 1. The molecule has 0 unspecified atom stereocenters. The topological polar surface area (TPSA) is 57.2 Å². The van der Waals surface area contributed by atoms with Gasteiger partial charge in [-0.25, -0.2) is 0 Å². The molecule has 2 saturated heterocycles. The molecule has 2 heterocycles. The van der Waals surface area contributed by atoms with E-state index in [2.05, 4.69) is 29.3 Å². The predicted octanol–water partition coefficient (Wildman–Crippen LogP) is 2.52. The molecule has 28 heavy (non-hydrogen) atoms. The van der Waals surface area contributed by atoms with Crippen molar-refractivity contribution in [3.63, 3.8) is 0 Å². The van der Waals surface area contributed by atoms with Crippen molar-refractivity contribution in [2.24, 2.45) is 4.99 Å². The van der Waals surface area contributed by atoms with Gasteiger partial charge < -0.3 is 19.9 Å². The zero-order chi connectivity index (χ0) is 20.0. The first-order valence-corrected chi connectivity index (χ1v) is 10.5. The number of ether oxygens (including phenoxy) is 1. The summed E-state index contributed by atoms with van der Waals surface area (Å²) in [5.74, 6) is 1.07. The summed E-state index contributed by atoms with van der Waals surface area (Å²) >= 11 is 6.28. The number of amides is 1. The van der Waals surface area contributed by atoms with Crippen molar-refractivity contribution in [1.29, 1.82) is 0 Å². The molecular formula is C21H31ClN4O2. The van der Waals surface area contributed by atoms with Gasteiger partial charge in [-0.3, -0.25) is 9.79 Å². The summed E-state index contributed by atoms with van der Waals surface area (Å²) in [7, 11) is 0. The van der Waals surface area contributed by atoms with Crippen molar-refractivity contribution in [3.05, 3.63) is 34.9 Å². The number of hydrogen-bond donors (Lipinski definition) is 1. The number of nitrogens with zero attached hydrogens (tertiary/aromatic N) is 3. The summed E-state index contributed by atoms with van der Waals surface area (Å²) in [5, 5.41) is 4.19. The van der Waals surface area contributed by atoms with Crippen LogP contribution in [-0.2, 0) is 14.9 Å². The van der Waals surface area contributed by atoms with Crippen LogP contribution in [0.4, 0.5) is 0 Å². The molecular weight excluding hydrogens is 376 g/mol. The van der Waals surface area contributed by atoms with Crippen LogP contribution in [0.5, 0.6) is 0 Å². The molecule has 0 radical (unpaired) electrons. The van der Waals surface area contributed by atoms with Gasteiger partial charge in [0.15, 0.2) is 5.96 Å². The second-order valence-corrected chi connectivity index (χ2v) is 8.00. The summed E-state index contributed by atoms with van der Waals surface area (Å²) in [6.45, 7) is 9.82. The van der Waals surface area contributed by atoms with Crippen LogP contribution in [0.1, 0.15) is 32.3 Å². The van der Waals surface area contributed by atoms with Crippen LogP contribution in [0.25, 0.3) is 0 Å². The Hall–Kier alpha value is -1.79. The smallest absolute Gasteiger partial charge is 0.219 e. The fourth-order valence-corrected chi connectivity index (χ4v) is 4.19. The van der Waals surface area contributed by atoms with Gasteiger partial charge in [-0.1, -0.05) is 23.7 Å². The van der Waals surface area contributed by atoms with Crippen molar-refractivity contribution >= 4 is 23.5 Å². The Bertz CT molecular complexity index is 695. The van der Waals surface area contributed by atoms with Crippen molar-refractivity contribution in [2.45, 2.75) is 32.1 Å².